The van der Waals surface area contributed by atoms with Crippen molar-refractivity contribution in [2.45, 2.75) is 19.8 Å². The number of rotatable bonds is 10. The van der Waals surface area contributed by atoms with Crippen LogP contribution in [0.5, 0.6) is 11.5 Å². The van der Waals surface area contributed by atoms with E-state index in [-0.39, 0.29) is 5.91 Å². The SMILES string of the molecule is CCCOc1c(Cl)cc(/C=C/C(=O)Nc2ccc(CCN(C)C)cc2)cc1OC. The number of likely N-dealkylation sites (N-methyl/N-ethyl adjacent to an activating group) is 1. The second-order valence-corrected chi connectivity index (χ2v) is 7.36. The molecular weight excluding hydrogens is 388 g/mol. The summed E-state index contributed by atoms with van der Waals surface area (Å²) in [6.07, 6.45) is 5.01. The van der Waals surface area contributed by atoms with E-state index in [1.54, 1.807) is 25.3 Å². The van der Waals surface area contributed by atoms with Crippen molar-refractivity contribution in [2.24, 2.45) is 0 Å². The number of carbonyl (C=O) groups is 1. The maximum absolute atomic E-state index is 12.2. The van der Waals surface area contributed by atoms with E-state index in [0.29, 0.717) is 23.1 Å². The highest BCUT2D eigenvalue weighted by molar-refractivity contribution is 6.32. The van der Waals surface area contributed by atoms with E-state index < -0.39 is 0 Å². The third-order valence-electron chi connectivity index (χ3n) is 4.20. The lowest BCUT2D eigenvalue weighted by Gasteiger charge is -2.12. The van der Waals surface area contributed by atoms with Crippen molar-refractivity contribution >= 4 is 29.3 Å². The molecule has 0 unspecified atom stereocenters. The van der Waals surface area contributed by atoms with E-state index in [1.165, 1.54) is 11.6 Å². The molecule has 0 atom stereocenters. The Balaban J connectivity index is 2.00. The molecule has 1 N–H and O–H groups in total. The van der Waals surface area contributed by atoms with Crippen LogP contribution in [-0.2, 0) is 11.2 Å². The Morgan fingerprint density at radius 1 is 1.21 bits per heavy atom. The van der Waals surface area contributed by atoms with Crippen molar-refractivity contribution in [1.82, 2.24) is 4.90 Å². The lowest BCUT2D eigenvalue weighted by Crippen LogP contribution is -2.15. The fourth-order valence-electron chi connectivity index (χ4n) is 2.64. The van der Waals surface area contributed by atoms with E-state index in [1.807, 2.05) is 31.2 Å². The number of hydrogen-bond acceptors (Lipinski definition) is 4. The van der Waals surface area contributed by atoms with Gasteiger partial charge in [-0.15, -0.1) is 0 Å². The van der Waals surface area contributed by atoms with Gasteiger partial charge in [-0.3, -0.25) is 4.79 Å². The summed E-state index contributed by atoms with van der Waals surface area (Å²) < 4.78 is 11.0. The molecule has 0 aliphatic rings. The fourth-order valence-corrected chi connectivity index (χ4v) is 2.92. The van der Waals surface area contributed by atoms with Crippen molar-refractivity contribution in [2.75, 3.05) is 39.7 Å². The summed E-state index contributed by atoms with van der Waals surface area (Å²) in [5.41, 5.74) is 2.75. The minimum absolute atomic E-state index is 0.215. The number of nitrogens with zero attached hydrogens (tertiary/aromatic N) is 1. The Kier molecular flexibility index (Phi) is 9.03. The van der Waals surface area contributed by atoms with Crippen LogP contribution in [0, 0.1) is 0 Å². The van der Waals surface area contributed by atoms with Gasteiger partial charge < -0.3 is 19.7 Å². The van der Waals surface area contributed by atoms with Crippen LogP contribution in [0.2, 0.25) is 5.02 Å². The molecule has 2 aromatic carbocycles. The van der Waals surface area contributed by atoms with E-state index in [0.717, 1.165) is 30.6 Å². The van der Waals surface area contributed by atoms with Gasteiger partial charge in [-0.1, -0.05) is 30.7 Å². The van der Waals surface area contributed by atoms with Crippen molar-refractivity contribution in [3.63, 3.8) is 0 Å². The average Bonchev–Trinajstić information content (AvgIpc) is 2.70. The normalized spacial score (nSPS) is 11.1. The molecule has 0 radical (unpaired) electrons. The zero-order valence-electron chi connectivity index (χ0n) is 17.5. The molecule has 0 aliphatic heterocycles. The first-order chi connectivity index (χ1) is 13.9. The predicted octanol–water partition coefficient (Wildman–Crippen LogP) is 4.89. The molecule has 0 fully saturated rings. The van der Waals surface area contributed by atoms with Crippen molar-refractivity contribution < 1.29 is 14.3 Å². The molecule has 5 nitrogen and oxygen atoms in total. The molecule has 2 rings (SSSR count). The van der Waals surface area contributed by atoms with Crippen LogP contribution in [0.25, 0.3) is 6.08 Å². The number of hydrogen-bond donors (Lipinski definition) is 1. The summed E-state index contributed by atoms with van der Waals surface area (Å²) in [5, 5.41) is 3.31. The maximum atomic E-state index is 12.2. The summed E-state index contributed by atoms with van der Waals surface area (Å²) in [6.45, 7) is 3.57. The predicted molar refractivity (Wildman–Crippen MR) is 120 cm³/mol. The third kappa shape index (κ3) is 7.44. The van der Waals surface area contributed by atoms with Crippen LogP contribution in [0.15, 0.2) is 42.5 Å². The summed E-state index contributed by atoms with van der Waals surface area (Å²) in [6, 6.07) is 11.4. The van der Waals surface area contributed by atoms with Gasteiger partial charge in [0.05, 0.1) is 18.7 Å². The topological polar surface area (TPSA) is 50.8 Å². The first kappa shape index (κ1) is 22.8. The van der Waals surface area contributed by atoms with Gasteiger partial charge in [-0.2, -0.15) is 0 Å². The molecule has 0 saturated carbocycles. The lowest BCUT2D eigenvalue weighted by molar-refractivity contribution is -0.111. The first-order valence-corrected chi connectivity index (χ1v) is 10.0. The number of amides is 1. The Morgan fingerprint density at radius 3 is 2.55 bits per heavy atom. The monoisotopic (exact) mass is 416 g/mol. The molecule has 0 aromatic heterocycles. The van der Waals surface area contributed by atoms with Gasteiger partial charge in [-0.25, -0.2) is 0 Å². The number of benzene rings is 2. The Hall–Kier alpha value is -2.50. The fraction of sp³-hybridized carbons (Fsp3) is 0.348. The minimum Gasteiger partial charge on any atom is -0.493 e. The molecule has 1 amide bonds. The second kappa shape index (κ2) is 11.5. The standard InChI is InChI=1S/C23H29ClN2O3/c1-5-14-29-23-20(24)15-18(16-21(23)28-4)8-11-22(27)25-19-9-6-17(7-10-19)12-13-26(2)3/h6-11,15-16H,5,12-14H2,1-4H3,(H,25,27)/b11-8+. The second-order valence-electron chi connectivity index (χ2n) is 6.96. The van der Waals surface area contributed by atoms with Crippen LogP contribution in [0.3, 0.4) is 0 Å². The van der Waals surface area contributed by atoms with Gasteiger partial charge in [0, 0.05) is 18.3 Å². The van der Waals surface area contributed by atoms with Gasteiger partial charge >= 0.3 is 0 Å². The van der Waals surface area contributed by atoms with E-state index in [9.17, 15) is 4.79 Å². The summed E-state index contributed by atoms with van der Waals surface area (Å²) >= 11 is 6.31. The highest BCUT2D eigenvalue weighted by Gasteiger charge is 2.11. The maximum Gasteiger partial charge on any atom is 0.248 e. The lowest BCUT2D eigenvalue weighted by atomic mass is 10.1. The van der Waals surface area contributed by atoms with E-state index in [2.05, 4.69) is 24.3 Å². The Morgan fingerprint density at radius 2 is 1.93 bits per heavy atom. The summed E-state index contributed by atoms with van der Waals surface area (Å²) in [4.78, 5) is 14.4. The molecule has 6 heteroatoms. The van der Waals surface area contributed by atoms with Gasteiger partial charge in [0.2, 0.25) is 5.91 Å². The Labute approximate surface area is 178 Å². The molecule has 2 aromatic rings. The van der Waals surface area contributed by atoms with Gasteiger partial charge in [-0.05, 0) is 68.4 Å². The number of halogens is 1. The summed E-state index contributed by atoms with van der Waals surface area (Å²) in [7, 11) is 5.66. The van der Waals surface area contributed by atoms with Crippen LogP contribution in [0.4, 0.5) is 5.69 Å². The number of nitrogens with one attached hydrogen (secondary N) is 1. The van der Waals surface area contributed by atoms with Crippen molar-refractivity contribution in [1.29, 1.82) is 0 Å². The molecule has 0 saturated heterocycles. The molecule has 0 bridgehead atoms. The van der Waals surface area contributed by atoms with Gasteiger partial charge in [0.1, 0.15) is 0 Å². The molecule has 0 heterocycles. The highest BCUT2D eigenvalue weighted by Crippen LogP contribution is 2.36. The van der Waals surface area contributed by atoms with Crippen LogP contribution in [0.1, 0.15) is 24.5 Å². The first-order valence-electron chi connectivity index (χ1n) is 9.66. The van der Waals surface area contributed by atoms with Crippen molar-refractivity contribution in [3.05, 3.63) is 58.6 Å². The average molecular weight is 417 g/mol. The van der Waals surface area contributed by atoms with Crippen LogP contribution < -0.4 is 14.8 Å². The zero-order chi connectivity index (χ0) is 21.2. The quantitative estimate of drug-likeness (QED) is 0.560. The largest absolute Gasteiger partial charge is 0.493 e. The smallest absolute Gasteiger partial charge is 0.248 e. The molecule has 29 heavy (non-hydrogen) atoms. The summed E-state index contributed by atoms with van der Waals surface area (Å²) in [5.74, 6) is 0.846. The number of ether oxygens (including phenoxy) is 2. The van der Waals surface area contributed by atoms with Crippen LogP contribution in [-0.4, -0.2) is 45.2 Å². The van der Waals surface area contributed by atoms with E-state index in [4.69, 9.17) is 21.1 Å². The number of methoxy groups -OCH3 is 1. The number of carbonyl (C=O) groups excluding carboxylic acids is 1. The van der Waals surface area contributed by atoms with Gasteiger partial charge in [0.15, 0.2) is 11.5 Å². The minimum atomic E-state index is -0.215. The zero-order valence-corrected chi connectivity index (χ0v) is 18.3. The third-order valence-corrected chi connectivity index (χ3v) is 4.48. The molecule has 0 spiro atoms. The number of anilines is 1. The van der Waals surface area contributed by atoms with Gasteiger partial charge in [0.25, 0.3) is 0 Å². The van der Waals surface area contributed by atoms with Crippen LogP contribution >= 0.6 is 11.6 Å². The van der Waals surface area contributed by atoms with Crippen molar-refractivity contribution in [3.8, 4) is 11.5 Å². The Bertz CT molecular complexity index is 833. The highest BCUT2D eigenvalue weighted by atomic mass is 35.5. The molecular formula is C23H29ClN2O3. The molecule has 0 aliphatic carbocycles. The molecule has 156 valence electrons. The van der Waals surface area contributed by atoms with E-state index >= 15 is 0 Å².